The number of aliphatic hydroxyl groups is 1. The summed E-state index contributed by atoms with van der Waals surface area (Å²) in [5, 5.41) is 9.72. The number of aliphatic hydroxyl groups excluding tert-OH is 1. The maximum atomic E-state index is 9.72. The molecule has 2 fully saturated rings. The Bertz CT molecular complexity index is 412. The predicted molar refractivity (Wildman–Crippen MR) is 83.0 cm³/mol. The predicted octanol–water partition coefficient (Wildman–Crippen LogP) is 2.63. The molecule has 20 heavy (non-hydrogen) atoms. The Kier molecular flexibility index (Phi) is 4.58. The average molecular weight is 274 g/mol. The minimum atomic E-state index is -0.128. The molecule has 0 bridgehead atoms. The van der Waals surface area contributed by atoms with Gasteiger partial charge in [0.15, 0.2) is 0 Å². The molecular formula is C17H26N2O. The van der Waals surface area contributed by atoms with E-state index in [1.165, 1.54) is 43.6 Å². The maximum Gasteiger partial charge on any atom is 0.0667 e. The highest BCUT2D eigenvalue weighted by molar-refractivity contribution is 5.47. The van der Waals surface area contributed by atoms with Crippen molar-refractivity contribution < 1.29 is 5.11 Å². The topological polar surface area (TPSA) is 26.7 Å². The number of piperidine rings is 2. The molecule has 2 aliphatic rings. The van der Waals surface area contributed by atoms with E-state index in [0.717, 1.165) is 32.5 Å². The van der Waals surface area contributed by atoms with Crippen LogP contribution in [0.3, 0.4) is 0 Å². The van der Waals surface area contributed by atoms with Gasteiger partial charge in [-0.05, 0) is 56.3 Å². The fraction of sp³-hybridized carbons (Fsp3) is 0.647. The maximum absolute atomic E-state index is 9.72. The molecule has 0 radical (unpaired) electrons. The molecule has 0 amide bonds. The van der Waals surface area contributed by atoms with Crippen molar-refractivity contribution in [3.63, 3.8) is 0 Å². The number of β-amino-alcohol motifs (C(OH)–C–C–N with tert-alkyl or cyclic N) is 1. The third-order valence-corrected chi connectivity index (χ3v) is 4.54. The fourth-order valence-corrected chi connectivity index (χ4v) is 3.40. The molecule has 1 aromatic rings. The van der Waals surface area contributed by atoms with Crippen LogP contribution in [-0.4, -0.2) is 42.3 Å². The van der Waals surface area contributed by atoms with Gasteiger partial charge in [0.25, 0.3) is 0 Å². The first-order valence-electron chi connectivity index (χ1n) is 8.05. The van der Waals surface area contributed by atoms with Gasteiger partial charge in [0, 0.05) is 31.9 Å². The molecule has 110 valence electrons. The molecule has 1 atom stereocenters. The molecule has 0 saturated carbocycles. The Morgan fingerprint density at radius 1 is 0.950 bits per heavy atom. The van der Waals surface area contributed by atoms with Crippen molar-refractivity contribution in [2.45, 2.75) is 44.8 Å². The van der Waals surface area contributed by atoms with E-state index in [2.05, 4.69) is 34.1 Å². The van der Waals surface area contributed by atoms with E-state index in [1.54, 1.807) is 0 Å². The molecule has 0 spiro atoms. The Morgan fingerprint density at radius 3 is 2.40 bits per heavy atom. The lowest BCUT2D eigenvalue weighted by atomic mass is 10.1. The third-order valence-electron chi connectivity index (χ3n) is 4.54. The minimum absolute atomic E-state index is 0.128. The van der Waals surface area contributed by atoms with E-state index in [-0.39, 0.29) is 6.10 Å². The zero-order valence-corrected chi connectivity index (χ0v) is 12.3. The van der Waals surface area contributed by atoms with Gasteiger partial charge >= 0.3 is 0 Å². The van der Waals surface area contributed by atoms with Crippen molar-refractivity contribution in [3.8, 4) is 0 Å². The van der Waals surface area contributed by atoms with Crippen LogP contribution >= 0.6 is 0 Å². The minimum Gasteiger partial charge on any atom is -0.392 e. The summed E-state index contributed by atoms with van der Waals surface area (Å²) in [5.74, 6) is 0. The van der Waals surface area contributed by atoms with Gasteiger partial charge in [-0.1, -0.05) is 12.1 Å². The first kappa shape index (κ1) is 13.9. The van der Waals surface area contributed by atoms with Gasteiger partial charge in [-0.3, -0.25) is 4.90 Å². The van der Waals surface area contributed by atoms with Crippen LogP contribution in [0.2, 0.25) is 0 Å². The van der Waals surface area contributed by atoms with Gasteiger partial charge in [0.2, 0.25) is 0 Å². The molecular weight excluding hydrogens is 248 g/mol. The molecule has 1 unspecified atom stereocenters. The molecule has 2 heterocycles. The smallest absolute Gasteiger partial charge is 0.0667 e. The van der Waals surface area contributed by atoms with Gasteiger partial charge in [0.05, 0.1) is 6.10 Å². The lowest BCUT2D eigenvalue weighted by Gasteiger charge is -2.31. The van der Waals surface area contributed by atoms with Crippen molar-refractivity contribution in [2.24, 2.45) is 0 Å². The number of benzene rings is 1. The highest BCUT2D eigenvalue weighted by atomic mass is 16.3. The van der Waals surface area contributed by atoms with Crippen molar-refractivity contribution >= 4 is 5.69 Å². The lowest BCUT2D eigenvalue weighted by molar-refractivity contribution is 0.0668. The van der Waals surface area contributed by atoms with E-state index in [9.17, 15) is 5.11 Å². The van der Waals surface area contributed by atoms with Gasteiger partial charge in [0.1, 0.15) is 0 Å². The summed E-state index contributed by atoms with van der Waals surface area (Å²) in [7, 11) is 0. The first-order valence-corrected chi connectivity index (χ1v) is 8.05. The summed E-state index contributed by atoms with van der Waals surface area (Å²) in [6, 6.07) is 9.04. The Morgan fingerprint density at radius 2 is 1.70 bits per heavy atom. The molecule has 1 N–H and O–H groups in total. The molecule has 2 saturated heterocycles. The van der Waals surface area contributed by atoms with E-state index in [0.29, 0.717) is 0 Å². The van der Waals surface area contributed by atoms with Crippen LogP contribution in [0.5, 0.6) is 0 Å². The zero-order valence-electron chi connectivity index (χ0n) is 12.3. The van der Waals surface area contributed by atoms with E-state index in [4.69, 9.17) is 0 Å². The second-order valence-corrected chi connectivity index (χ2v) is 6.25. The SMILES string of the molecule is OC1CCCN(Cc2ccc(N3CCCCC3)cc2)C1. The van der Waals surface area contributed by atoms with E-state index >= 15 is 0 Å². The lowest BCUT2D eigenvalue weighted by Crippen LogP contribution is -2.37. The highest BCUT2D eigenvalue weighted by Gasteiger charge is 2.17. The van der Waals surface area contributed by atoms with Gasteiger partial charge in [-0.15, -0.1) is 0 Å². The van der Waals surface area contributed by atoms with Crippen LogP contribution in [-0.2, 0) is 6.54 Å². The summed E-state index contributed by atoms with van der Waals surface area (Å²) in [6.07, 6.45) is 5.99. The number of likely N-dealkylation sites (tertiary alicyclic amines) is 1. The van der Waals surface area contributed by atoms with Crippen LogP contribution in [0.4, 0.5) is 5.69 Å². The Labute approximate surface area is 122 Å². The normalized spacial score (nSPS) is 24.9. The summed E-state index contributed by atoms with van der Waals surface area (Å²) in [6.45, 7) is 5.32. The summed E-state index contributed by atoms with van der Waals surface area (Å²) in [5.41, 5.74) is 2.73. The van der Waals surface area contributed by atoms with Crippen LogP contribution < -0.4 is 4.90 Å². The van der Waals surface area contributed by atoms with Gasteiger partial charge in [-0.2, -0.15) is 0 Å². The second kappa shape index (κ2) is 6.59. The average Bonchev–Trinajstić information content (AvgIpc) is 2.49. The Balaban J connectivity index is 1.58. The van der Waals surface area contributed by atoms with Crippen LogP contribution in [0.25, 0.3) is 0 Å². The monoisotopic (exact) mass is 274 g/mol. The number of hydrogen-bond donors (Lipinski definition) is 1. The fourth-order valence-electron chi connectivity index (χ4n) is 3.40. The largest absolute Gasteiger partial charge is 0.392 e. The number of anilines is 1. The van der Waals surface area contributed by atoms with Gasteiger partial charge < -0.3 is 10.0 Å². The summed E-state index contributed by atoms with van der Waals surface area (Å²) >= 11 is 0. The molecule has 0 aromatic heterocycles. The standard InChI is InChI=1S/C17H26N2O/c20-17-5-4-10-18(14-17)13-15-6-8-16(9-7-15)19-11-2-1-3-12-19/h6-9,17,20H,1-5,10-14H2. The van der Waals surface area contributed by atoms with Crippen molar-refractivity contribution in [1.29, 1.82) is 0 Å². The van der Waals surface area contributed by atoms with Crippen LogP contribution in [0.15, 0.2) is 24.3 Å². The summed E-state index contributed by atoms with van der Waals surface area (Å²) in [4.78, 5) is 4.86. The zero-order chi connectivity index (χ0) is 13.8. The quantitative estimate of drug-likeness (QED) is 0.918. The number of hydrogen-bond acceptors (Lipinski definition) is 3. The first-order chi connectivity index (χ1) is 9.81. The van der Waals surface area contributed by atoms with E-state index in [1.807, 2.05) is 0 Å². The molecule has 3 heteroatoms. The number of rotatable bonds is 3. The highest BCUT2D eigenvalue weighted by Crippen LogP contribution is 2.21. The molecule has 2 aliphatic heterocycles. The van der Waals surface area contributed by atoms with Crippen LogP contribution in [0.1, 0.15) is 37.7 Å². The van der Waals surface area contributed by atoms with Gasteiger partial charge in [-0.25, -0.2) is 0 Å². The Hall–Kier alpha value is -1.06. The molecule has 3 nitrogen and oxygen atoms in total. The molecule has 0 aliphatic carbocycles. The van der Waals surface area contributed by atoms with Crippen molar-refractivity contribution in [3.05, 3.63) is 29.8 Å². The van der Waals surface area contributed by atoms with Crippen molar-refractivity contribution in [2.75, 3.05) is 31.1 Å². The molecule has 3 rings (SSSR count). The van der Waals surface area contributed by atoms with Crippen molar-refractivity contribution in [1.82, 2.24) is 4.90 Å². The third kappa shape index (κ3) is 3.53. The summed E-state index contributed by atoms with van der Waals surface area (Å²) < 4.78 is 0. The van der Waals surface area contributed by atoms with Crippen LogP contribution in [0, 0.1) is 0 Å². The van der Waals surface area contributed by atoms with E-state index < -0.39 is 0 Å². The number of nitrogens with zero attached hydrogens (tertiary/aromatic N) is 2. The molecule has 1 aromatic carbocycles. The second-order valence-electron chi connectivity index (χ2n) is 6.25.